The summed E-state index contributed by atoms with van der Waals surface area (Å²) in [7, 11) is 0. The van der Waals surface area contributed by atoms with Crippen LogP contribution in [-0.2, 0) is 4.79 Å². The minimum absolute atomic E-state index is 0.179. The highest BCUT2D eigenvalue weighted by Gasteiger charge is 2.30. The van der Waals surface area contributed by atoms with Gasteiger partial charge in [0.05, 0.1) is 0 Å². The SMILES string of the molecule is CCCCC(C(=O)C(CCCC)c1ccccc1Cl)c1ccccc1Cl. The van der Waals surface area contributed by atoms with Crippen LogP contribution in [0.3, 0.4) is 0 Å². The van der Waals surface area contributed by atoms with Gasteiger partial charge in [-0.2, -0.15) is 0 Å². The maximum absolute atomic E-state index is 13.6. The van der Waals surface area contributed by atoms with E-state index in [1.807, 2.05) is 48.5 Å². The molecule has 0 spiro atoms. The van der Waals surface area contributed by atoms with E-state index in [4.69, 9.17) is 23.2 Å². The Labute approximate surface area is 167 Å². The largest absolute Gasteiger partial charge is 0.298 e. The number of halogens is 2. The average Bonchev–Trinajstić information content (AvgIpc) is 2.65. The number of benzene rings is 2. The summed E-state index contributed by atoms with van der Waals surface area (Å²) in [5, 5.41) is 1.35. The zero-order chi connectivity index (χ0) is 18.9. The van der Waals surface area contributed by atoms with E-state index in [-0.39, 0.29) is 17.6 Å². The van der Waals surface area contributed by atoms with Crippen molar-refractivity contribution in [2.24, 2.45) is 0 Å². The van der Waals surface area contributed by atoms with Gasteiger partial charge in [0, 0.05) is 21.9 Å². The Morgan fingerprint density at radius 2 is 1.15 bits per heavy atom. The van der Waals surface area contributed by atoms with Gasteiger partial charge in [0.15, 0.2) is 0 Å². The molecule has 140 valence electrons. The maximum atomic E-state index is 13.6. The van der Waals surface area contributed by atoms with Crippen LogP contribution in [0.15, 0.2) is 48.5 Å². The number of hydrogen-bond donors (Lipinski definition) is 0. The van der Waals surface area contributed by atoms with Gasteiger partial charge in [-0.25, -0.2) is 0 Å². The third-order valence-corrected chi connectivity index (χ3v) is 5.63. The lowest BCUT2D eigenvalue weighted by Crippen LogP contribution is -2.22. The zero-order valence-electron chi connectivity index (χ0n) is 15.7. The first-order chi connectivity index (χ1) is 12.6. The van der Waals surface area contributed by atoms with Crippen LogP contribution in [-0.4, -0.2) is 5.78 Å². The van der Waals surface area contributed by atoms with Crippen molar-refractivity contribution in [3.05, 3.63) is 69.7 Å². The van der Waals surface area contributed by atoms with Crippen LogP contribution in [0.25, 0.3) is 0 Å². The van der Waals surface area contributed by atoms with Crippen LogP contribution in [0.5, 0.6) is 0 Å². The van der Waals surface area contributed by atoms with Crippen molar-refractivity contribution in [2.75, 3.05) is 0 Å². The number of unbranched alkanes of at least 4 members (excludes halogenated alkanes) is 2. The zero-order valence-corrected chi connectivity index (χ0v) is 17.2. The van der Waals surface area contributed by atoms with Crippen LogP contribution < -0.4 is 0 Å². The molecule has 0 radical (unpaired) electrons. The van der Waals surface area contributed by atoms with Gasteiger partial charge < -0.3 is 0 Å². The monoisotopic (exact) mass is 390 g/mol. The fourth-order valence-corrected chi connectivity index (χ4v) is 4.01. The maximum Gasteiger partial charge on any atom is 0.147 e. The van der Waals surface area contributed by atoms with Gasteiger partial charge >= 0.3 is 0 Å². The second-order valence-electron chi connectivity index (χ2n) is 6.84. The lowest BCUT2D eigenvalue weighted by molar-refractivity contribution is -0.122. The molecule has 26 heavy (non-hydrogen) atoms. The van der Waals surface area contributed by atoms with Crippen molar-refractivity contribution in [3.8, 4) is 0 Å². The predicted molar refractivity (Wildman–Crippen MR) is 112 cm³/mol. The van der Waals surface area contributed by atoms with Crippen molar-refractivity contribution >= 4 is 29.0 Å². The third kappa shape index (κ3) is 5.34. The number of ketones is 1. The minimum atomic E-state index is -0.179. The molecule has 0 amide bonds. The summed E-state index contributed by atoms with van der Waals surface area (Å²) < 4.78 is 0. The van der Waals surface area contributed by atoms with E-state index in [0.717, 1.165) is 49.7 Å². The van der Waals surface area contributed by atoms with Gasteiger partial charge in [0.25, 0.3) is 0 Å². The van der Waals surface area contributed by atoms with Gasteiger partial charge in [0.2, 0.25) is 0 Å². The van der Waals surface area contributed by atoms with Crippen molar-refractivity contribution in [2.45, 2.75) is 64.2 Å². The van der Waals surface area contributed by atoms with Crippen molar-refractivity contribution in [3.63, 3.8) is 0 Å². The van der Waals surface area contributed by atoms with Crippen LogP contribution in [0.1, 0.15) is 75.3 Å². The van der Waals surface area contributed by atoms with E-state index < -0.39 is 0 Å². The van der Waals surface area contributed by atoms with Gasteiger partial charge in [-0.15, -0.1) is 0 Å². The Hall–Kier alpha value is -1.31. The normalized spacial score (nSPS) is 13.4. The summed E-state index contributed by atoms with van der Waals surface area (Å²) in [6, 6.07) is 15.5. The number of carbonyl (C=O) groups is 1. The molecule has 0 saturated carbocycles. The fourth-order valence-electron chi connectivity index (χ4n) is 3.48. The lowest BCUT2D eigenvalue weighted by Gasteiger charge is -2.24. The number of carbonyl (C=O) groups excluding carboxylic acids is 1. The van der Waals surface area contributed by atoms with Gasteiger partial charge in [0.1, 0.15) is 5.78 Å². The van der Waals surface area contributed by atoms with Gasteiger partial charge in [-0.05, 0) is 36.1 Å². The molecule has 2 rings (SSSR count). The van der Waals surface area contributed by atoms with E-state index in [0.29, 0.717) is 10.0 Å². The molecule has 0 aliphatic rings. The second-order valence-corrected chi connectivity index (χ2v) is 7.65. The Morgan fingerprint density at radius 1 is 0.769 bits per heavy atom. The summed E-state index contributed by atoms with van der Waals surface area (Å²) in [5.74, 6) is -0.114. The van der Waals surface area contributed by atoms with Gasteiger partial charge in [-0.1, -0.05) is 99.1 Å². The molecule has 3 heteroatoms. The summed E-state index contributed by atoms with van der Waals surface area (Å²) in [6.07, 6.45) is 5.77. The first-order valence-electron chi connectivity index (χ1n) is 9.62. The molecule has 0 aromatic heterocycles. The lowest BCUT2D eigenvalue weighted by atomic mass is 9.79. The van der Waals surface area contributed by atoms with Crippen LogP contribution in [0, 0.1) is 0 Å². The van der Waals surface area contributed by atoms with E-state index in [1.54, 1.807) is 0 Å². The molecule has 0 saturated heterocycles. The summed E-state index contributed by atoms with van der Waals surface area (Å²) in [6.45, 7) is 4.30. The van der Waals surface area contributed by atoms with E-state index in [2.05, 4.69) is 13.8 Å². The summed E-state index contributed by atoms with van der Waals surface area (Å²) in [4.78, 5) is 13.6. The molecule has 0 N–H and O–H groups in total. The summed E-state index contributed by atoms with van der Waals surface area (Å²) >= 11 is 12.9. The first-order valence-corrected chi connectivity index (χ1v) is 10.4. The van der Waals surface area contributed by atoms with E-state index in [1.165, 1.54) is 0 Å². The third-order valence-electron chi connectivity index (χ3n) is 4.94. The Bertz CT molecular complexity index is 651. The highest BCUT2D eigenvalue weighted by Crippen LogP contribution is 2.38. The van der Waals surface area contributed by atoms with E-state index in [9.17, 15) is 4.79 Å². The van der Waals surface area contributed by atoms with Crippen molar-refractivity contribution in [1.29, 1.82) is 0 Å². The standard InChI is InChI=1S/C23H28Cl2O/c1-3-5-11-19(17-13-7-9-15-21(17)24)23(26)20(12-6-4-2)18-14-8-10-16-22(18)25/h7-10,13-16,19-20H,3-6,11-12H2,1-2H3. The highest BCUT2D eigenvalue weighted by molar-refractivity contribution is 6.32. The predicted octanol–water partition coefficient (Wildman–Crippen LogP) is 7.81. The molecule has 2 aromatic carbocycles. The van der Waals surface area contributed by atoms with Crippen LogP contribution in [0.4, 0.5) is 0 Å². The second kappa shape index (κ2) is 10.7. The smallest absolute Gasteiger partial charge is 0.147 e. The molecular formula is C23H28Cl2O. The Kier molecular flexibility index (Phi) is 8.68. The molecule has 0 aliphatic carbocycles. The molecule has 1 nitrogen and oxygen atoms in total. The molecule has 2 unspecified atom stereocenters. The van der Waals surface area contributed by atoms with Crippen molar-refractivity contribution in [1.82, 2.24) is 0 Å². The number of hydrogen-bond acceptors (Lipinski definition) is 1. The number of rotatable bonds is 10. The number of Topliss-reactive ketones (excluding diaryl/α,β-unsaturated/α-hetero) is 1. The molecule has 0 heterocycles. The fraction of sp³-hybridized carbons (Fsp3) is 0.435. The topological polar surface area (TPSA) is 17.1 Å². The molecule has 2 atom stereocenters. The molecule has 0 fully saturated rings. The molecule has 2 aromatic rings. The molecule has 0 aliphatic heterocycles. The Balaban J connectivity index is 2.41. The van der Waals surface area contributed by atoms with Crippen LogP contribution in [0.2, 0.25) is 10.0 Å². The van der Waals surface area contributed by atoms with Crippen LogP contribution >= 0.6 is 23.2 Å². The highest BCUT2D eigenvalue weighted by atomic mass is 35.5. The molecule has 0 bridgehead atoms. The Morgan fingerprint density at radius 3 is 1.50 bits per heavy atom. The average molecular weight is 391 g/mol. The molecular weight excluding hydrogens is 363 g/mol. The van der Waals surface area contributed by atoms with E-state index >= 15 is 0 Å². The first kappa shape index (κ1) is 21.0. The van der Waals surface area contributed by atoms with Gasteiger partial charge in [-0.3, -0.25) is 4.79 Å². The quantitative estimate of drug-likeness (QED) is 0.404. The minimum Gasteiger partial charge on any atom is -0.298 e. The summed E-state index contributed by atoms with van der Waals surface area (Å²) in [5.41, 5.74) is 1.89. The van der Waals surface area contributed by atoms with Crippen molar-refractivity contribution < 1.29 is 4.79 Å².